The van der Waals surface area contributed by atoms with E-state index in [9.17, 15) is 5.11 Å². The molecule has 55 heavy (non-hydrogen) atoms. The molecule has 16 heteroatoms. The number of imidazole rings is 4. The van der Waals surface area contributed by atoms with E-state index in [4.69, 9.17) is 5.11 Å². The van der Waals surface area contributed by atoms with Crippen molar-refractivity contribution < 1.29 is 10.2 Å². The molecule has 13 nitrogen and oxygen atoms in total. The summed E-state index contributed by atoms with van der Waals surface area (Å²) in [6.45, 7) is -0.138. The summed E-state index contributed by atoms with van der Waals surface area (Å²) in [4.78, 5) is 33.6. The molecule has 0 aliphatic heterocycles. The number of nitrogens with zero attached hydrogens (tertiary/aromatic N) is 8. The predicted octanol–water partition coefficient (Wildman–Crippen LogP) is 8.38. The van der Waals surface area contributed by atoms with Gasteiger partial charge in [-0.2, -0.15) is 0 Å². The van der Waals surface area contributed by atoms with Crippen molar-refractivity contribution in [3.8, 4) is 45.0 Å². The van der Waals surface area contributed by atoms with Crippen molar-refractivity contribution in [3.63, 3.8) is 0 Å². The molecule has 0 unspecified atom stereocenters. The monoisotopic (exact) mass is 925 g/mol. The summed E-state index contributed by atoms with van der Waals surface area (Å²) in [7, 11) is 0. The third kappa shape index (κ3) is 7.61. The maximum Gasteiger partial charge on any atom is 0.180 e. The first kappa shape index (κ1) is 35.9. The summed E-state index contributed by atoms with van der Waals surface area (Å²) in [5, 5.41) is 21.7. The topological polar surface area (TPSA) is 170 Å². The quantitative estimate of drug-likeness (QED) is 0.0905. The number of halogens is 3. The SMILES string of the molecule is Brc1cn2c(-c3ccc(-c4cnc(C5CC5)[nH]4)cc3)cnc2c(Br)n1.OC[C@@H](O)CNc1nc(Br)cn2c(-c3ccc(-c4cnc(C5CC5)[nH]4)cc3)cnc12. The molecule has 0 spiro atoms. The fourth-order valence-corrected chi connectivity index (χ4v) is 7.93. The standard InChI is InChI=1S/C21H21BrN6O2.C18H13Br2N5/c22-18-10-28-17(9-25-21(28)20(27-18)23-7-15(30)11-29)13-3-1-12(2-4-13)16-8-24-19(26-16)14-5-6-14;19-15-9-25-14(8-22-18(25)16(20)24-15)11-3-1-10(2-4-11)13-7-21-17(23-13)12-5-6-12/h1-4,8-10,14-15,29-30H,5-7,11H2,(H,23,27)(H,24,26);1-4,7-9,12H,5-6H2,(H,21,23)/t15-;/m0./s1. The zero-order valence-electron chi connectivity index (χ0n) is 29.2. The summed E-state index contributed by atoms with van der Waals surface area (Å²) >= 11 is 10.3. The lowest BCUT2D eigenvalue weighted by molar-refractivity contribution is 0.105. The van der Waals surface area contributed by atoms with Crippen LogP contribution in [0.2, 0.25) is 0 Å². The van der Waals surface area contributed by atoms with Crippen LogP contribution in [0.5, 0.6) is 0 Å². The molecule has 10 rings (SSSR count). The Morgan fingerprint density at radius 2 is 1.13 bits per heavy atom. The van der Waals surface area contributed by atoms with Gasteiger partial charge in [0, 0.05) is 41.9 Å². The Morgan fingerprint density at radius 3 is 1.64 bits per heavy atom. The number of benzene rings is 2. The van der Waals surface area contributed by atoms with Gasteiger partial charge >= 0.3 is 0 Å². The number of aromatic nitrogens is 10. The second-order valence-electron chi connectivity index (χ2n) is 13.7. The Bertz CT molecular complexity index is 2620. The number of anilines is 1. The summed E-state index contributed by atoms with van der Waals surface area (Å²) in [6.07, 6.45) is 15.4. The van der Waals surface area contributed by atoms with E-state index < -0.39 is 6.10 Å². The normalized spacial score (nSPS) is 14.6. The van der Waals surface area contributed by atoms with Crippen LogP contribution < -0.4 is 5.32 Å². The van der Waals surface area contributed by atoms with Crippen LogP contribution in [0.3, 0.4) is 0 Å². The highest BCUT2D eigenvalue weighted by Crippen LogP contribution is 2.40. The van der Waals surface area contributed by atoms with Crippen LogP contribution in [0.25, 0.3) is 56.3 Å². The van der Waals surface area contributed by atoms with E-state index in [1.165, 1.54) is 25.7 Å². The molecule has 6 heterocycles. The van der Waals surface area contributed by atoms with Gasteiger partial charge in [-0.3, -0.25) is 8.80 Å². The van der Waals surface area contributed by atoms with E-state index in [-0.39, 0.29) is 13.2 Å². The van der Waals surface area contributed by atoms with Crippen LogP contribution in [-0.4, -0.2) is 78.1 Å². The number of aromatic amines is 2. The van der Waals surface area contributed by atoms with Crippen LogP contribution in [0.1, 0.15) is 49.2 Å². The van der Waals surface area contributed by atoms with E-state index in [2.05, 4.69) is 142 Å². The molecule has 6 aromatic heterocycles. The van der Waals surface area contributed by atoms with E-state index >= 15 is 0 Å². The highest BCUT2D eigenvalue weighted by molar-refractivity contribution is 9.11. The van der Waals surface area contributed by atoms with Crippen LogP contribution in [-0.2, 0) is 0 Å². The van der Waals surface area contributed by atoms with Crippen LogP contribution in [0.4, 0.5) is 5.82 Å². The largest absolute Gasteiger partial charge is 0.394 e. The second-order valence-corrected chi connectivity index (χ2v) is 16.1. The van der Waals surface area contributed by atoms with Gasteiger partial charge < -0.3 is 25.5 Å². The van der Waals surface area contributed by atoms with Gasteiger partial charge in [-0.15, -0.1) is 0 Å². The summed E-state index contributed by atoms with van der Waals surface area (Å²) < 4.78 is 6.08. The Kier molecular flexibility index (Phi) is 9.84. The van der Waals surface area contributed by atoms with Crippen molar-refractivity contribution in [2.24, 2.45) is 0 Å². The van der Waals surface area contributed by atoms with Gasteiger partial charge in [0.2, 0.25) is 0 Å². The Balaban J connectivity index is 0.000000147. The third-order valence-corrected chi connectivity index (χ3v) is 11.0. The maximum absolute atomic E-state index is 9.61. The smallest absolute Gasteiger partial charge is 0.180 e. The van der Waals surface area contributed by atoms with E-state index in [1.54, 1.807) is 6.20 Å². The molecule has 5 N–H and O–H groups in total. The fraction of sp³-hybridized carbons (Fsp3) is 0.231. The van der Waals surface area contributed by atoms with Gasteiger partial charge in [0.25, 0.3) is 0 Å². The molecule has 0 radical (unpaired) electrons. The molecule has 2 aliphatic carbocycles. The van der Waals surface area contributed by atoms with Crippen molar-refractivity contribution >= 4 is 64.9 Å². The van der Waals surface area contributed by atoms with E-state index in [1.807, 2.05) is 39.8 Å². The van der Waals surface area contributed by atoms with Crippen molar-refractivity contribution in [2.45, 2.75) is 43.6 Å². The lowest BCUT2D eigenvalue weighted by Crippen LogP contribution is -2.23. The van der Waals surface area contributed by atoms with Gasteiger partial charge in [0.1, 0.15) is 20.9 Å². The minimum Gasteiger partial charge on any atom is -0.394 e. The molecule has 1 atom stereocenters. The average molecular weight is 928 g/mol. The number of fused-ring (bicyclic) bond motifs is 2. The van der Waals surface area contributed by atoms with Crippen molar-refractivity contribution in [2.75, 3.05) is 18.5 Å². The van der Waals surface area contributed by atoms with Gasteiger partial charge in [0.05, 0.1) is 60.3 Å². The second kappa shape index (κ2) is 15.1. The zero-order chi connectivity index (χ0) is 37.6. The molecule has 0 bridgehead atoms. The third-order valence-electron chi connectivity index (χ3n) is 9.70. The van der Waals surface area contributed by atoms with E-state index in [0.717, 1.165) is 71.5 Å². The molecular weight excluding hydrogens is 894 g/mol. The lowest BCUT2D eigenvalue weighted by Gasteiger charge is -2.11. The molecule has 8 aromatic rings. The number of rotatable bonds is 10. The molecule has 2 aromatic carbocycles. The van der Waals surface area contributed by atoms with Crippen molar-refractivity contribution in [3.05, 3.63) is 111 Å². The molecule has 2 fully saturated rings. The molecular formula is C39H34Br3N11O2. The minimum absolute atomic E-state index is 0.180. The average Bonchev–Trinajstić information content (AvgIpc) is 4.00. The highest BCUT2D eigenvalue weighted by atomic mass is 79.9. The maximum atomic E-state index is 9.61. The number of aliphatic hydroxyl groups is 2. The molecule has 0 amide bonds. The number of nitrogens with one attached hydrogen (secondary N) is 3. The number of hydrogen-bond donors (Lipinski definition) is 5. The number of hydrogen-bond acceptors (Lipinski definition) is 9. The summed E-state index contributed by atoms with van der Waals surface area (Å²) in [5.41, 5.74) is 9.84. The minimum atomic E-state index is -0.865. The summed E-state index contributed by atoms with van der Waals surface area (Å²) in [6, 6.07) is 16.7. The highest BCUT2D eigenvalue weighted by Gasteiger charge is 2.27. The van der Waals surface area contributed by atoms with Gasteiger partial charge in [0.15, 0.2) is 21.7 Å². The zero-order valence-corrected chi connectivity index (χ0v) is 33.9. The lowest BCUT2D eigenvalue weighted by atomic mass is 10.1. The van der Waals surface area contributed by atoms with Crippen molar-refractivity contribution in [1.82, 2.24) is 48.7 Å². The number of aliphatic hydroxyl groups excluding tert-OH is 2. The fourth-order valence-electron chi connectivity index (χ4n) is 6.44. The Labute approximate surface area is 340 Å². The van der Waals surface area contributed by atoms with E-state index in [0.29, 0.717) is 27.9 Å². The number of H-pyrrole nitrogens is 2. The first-order valence-corrected chi connectivity index (χ1v) is 20.3. The van der Waals surface area contributed by atoms with Crippen LogP contribution >= 0.6 is 47.8 Å². The molecule has 2 saturated carbocycles. The van der Waals surface area contributed by atoms with Gasteiger partial charge in [-0.05, 0) is 84.6 Å². The van der Waals surface area contributed by atoms with Crippen molar-refractivity contribution in [1.29, 1.82) is 0 Å². The molecule has 278 valence electrons. The Hall–Kier alpha value is -4.74. The van der Waals surface area contributed by atoms with Crippen LogP contribution in [0, 0.1) is 0 Å². The first-order chi connectivity index (χ1) is 26.8. The summed E-state index contributed by atoms with van der Waals surface area (Å²) in [5.74, 6) is 3.97. The van der Waals surface area contributed by atoms with Gasteiger partial charge in [-0.1, -0.05) is 48.5 Å². The predicted molar refractivity (Wildman–Crippen MR) is 221 cm³/mol. The first-order valence-electron chi connectivity index (χ1n) is 17.9. The molecule has 2 aliphatic rings. The van der Waals surface area contributed by atoms with Gasteiger partial charge in [-0.25, -0.2) is 29.9 Å². The molecule has 0 saturated heterocycles. The van der Waals surface area contributed by atoms with Crippen LogP contribution in [0.15, 0.2) is 99.5 Å². The Morgan fingerprint density at radius 1 is 0.655 bits per heavy atom.